The third-order valence-electron chi connectivity index (χ3n) is 2.84. The van der Waals surface area contributed by atoms with E-state index in [1.54, 1.807) is 41.5 Å². The van der Waals surface area contributed by atoms with Crippen LogP contribution in [0.15, 0.2) is 12.5 Å². The zero-order valence-electron chi connectivity index (χ0n) is 15.3. The van der Waals surface area contributed by atoms with Crippen molar-refractivity contribution >= 4 is 18.0 Å². The van der Waals surface area contributed by atoms with Crippen molar-refractivity contribution < 1.29 is 29.0 Å². The molecule has 1 rings (SSSR count). The monoisotopic (exact) mass is 355 g/mol. The highest BCUT2D eigenvalue weighted by Crippen LogP contribution is 2.20. The van der Waals surface area contributed by atoms with Crippen molar-refractivity contribution in [1.29, 1.82) is 0 Å². The van der Waals surface area contributed by atoms with Crippen LogP contribution in [0.3, 0.4) is 0 Å². The smallest absolute Gasteiger partial charge is 0.409 e. The molecule has 0 saturated heterocycles. The lowest BCUT2D eigenvalue weighted by Crippen LogP contribution is -2.63. The Bertz CT molecular complexity index is 627. The molecule has 25 heavy (non-hydrogen) atoms. The van der Waals surface area contributed by atoms with Crippen LogP contribution in [0, 0.1) is 0 Å². The number of rotatable bonds is 5. The number of hydrogen-bond acceptors (Lipinski definition) is 6. The van der Waals surface area contributed by atoms with Crippen LogP contribution in [0.25, 0.3) is 0 Å². The van der Waals surface area contributed by atoms with Gasteiger partial charge in [-0.25, -0.2) is 19.4 Å². The van der Waals surface area contributed by atoms with Crippen LogP contribution in [0.4, 0.5) is 4.79 Å². The van der Waals surface area contributed by atoms with Crippen LogP contribution in [0.1, 0.15) is 47.2 Å². The number of aliphatic carboxylic acids is 1. The van der Waals surface area contributed by atoms with E-state index in [1.165, 1.54) is 12.5 Å². The lowest BCUT2D eigenvalue weighted by Gasteiger charge is -2.32. The molecule has 0 saturated carbocycles. The number of hydrogen-bond donors (Lipinski definition) is 3. The third-order valence-corrected chi connectivity index (χ3v) is 2.84. The number of imidazole rings is 1. The topological polar surface area (TPSA) is 131 Å². The number of H-pyrrole nitrogens is 1. The number of carboxylic acid groups (broad SMARTS) is 1. The molecule has 1 aromatic heterocycles. The van der Waals surface area contributed by atoms with Crippen molar-refractivity contribution in [3.8, 4) is 0 Å². The molecule has 1 amide bonds. The van der Waals surface area contributed by atoms with E-state index in [4.69, 9.17) is 9.47 Å². The molecular formula is C16H25N3O6. The molecule has 3 N–H and O–H groups in total. The molecule has 0 aliphatic rings. The van der Waals surface area contributed by atoms with Crippen LogP contribution < -0.4 is 5.32 Å². The minimum Gasteiger partial charge on any atom is -0.479 e. The fourth-order valence-corrected chi connectivity index (χ4v) is 1.89. The van der Waals surface area contributed by atoms with Crippen molar-refractivity contribution in [3.63, 3.8) is 0 Å². The molecule has 0 unspecified atom stereocenters. The zero-order chi connectivity index (χ0) is 19.5. The number of alkyl carbamates (subject to hydrolysis) is 1. The van der Waals surface area contributed by atoms with Gasteiger partial charge in [0.1, 0.15) is 11.2 Å². The van der Waals surface area contributed by atoms with Crippen LogP contribution in [-0.4, -0.2) is 49.8 Å². The van der Waals surface area contributed by atoms with Gasteiger partial charge < -0.3 is 19.6 Å². The molecule has 0 aliphatic carbocycles. The van der Waals surface area contributed by atoms with E-state index < -0.39 is 34.8 Å². The Labute approximate surface area is 146 Å². The fraction of sp³-hybridized carbons (Fsp3) is 0.625. The van der Waals surface area contributed by atoms with Gasteiger partial charge in [0.05, 0.1) is 6.33 Å². The first-order valence-corrected chi connectivity index (χ1v) is 7.70. The summed E-state index contributed by atoms with van der Waals surface area (Å²) in [6.07, 6.45) is 1.28. The average molecular weight is 355 g/mol. The number of aromatic amines is 1. The van der Waals surface area contributed by atoms with Crippen molar-refractivity contribution in [2.45, 2.75) is 64.7 Å². The molecule has 0 radical (unpaired) electrons. The molecule has 140 valence electrons. The lowest BCUT2D eigenvalue weighted by atomic mass is 9.93. The standard InChI is InChI=1S/C16H25N3O6/c1-14(2,3)24-12(22)16(11(20)21,7-10-8-17-9-18-10)19-13(23)25-15(4,5)6/h8-9H,7H2,1-6H3,(H,17,18)(H,19,23)(H,20,21)/t16-/m0/s1. The van der Waals surface area contributed by atoms with Gasteiger partial charge in [-0.3, -0.25) is 5.32 Å². The number of carbonyl (C=O) groups excluding carboxylic acids is 2. The summed E-state index contributed by atoms with van der Waals surface area (Å²) in [5.41, 5.74) is -3.83. The Morgan fingerprint density at radius 2 is 1.68 bits per heavy atom. The summed E-state index contributed by atoms with van der Waals surface area (Å²) >= 11 is 0. The quantitative estimate of drug-likeness (QED) is 0.540. The van der Waals surface area contributed by atoms with Gasteiger partial charge in [-0.05, 0) is 41.5 Å². The molecule has 1 atom stereocenters. The lowest BCUT2D eigenvalue weighted by molar-refractivity contribution is -0.171. The second-order valence-corrected chi connectivity index (χ2v) is 7.59. The first-order valence-electron chi connectivity index (χ1n) is 7.70. The summed E-state index contributed by atoms with van der Waals surface area (Å²) in [5, 5.41) is 11.9. The second-order valence-electron chi connectivity index (χ2n) is 7.59. The molecule has 0 aromatic carbocycles. The molecule has 1 aromatic rings. The SMILES string of the molecule is CC(C)(C)OC(=O)N[C@@](Cc1cnc[nH]1)(C(=O)O)C(=O)OC(C)(C)C. The number of amides is 1. The van der Waals surface area contributed by atoms with Crippen molar-refractivity contribution in [2.24, 2.45) is 0 Å². The van der Waals surface area contributed by atoms with E-state index in [-0.39, 0.29) is 6.42 Å². The number of carboxylic acids is 1. The Morgan fingerprint density at radius 3 is 2.08 bits per heavy atom. The molecule has 9 nitrogen and oxygen atoms in total. The summed E-state index contributed by atoms with van der Waals surface area (Å²) < 4.78 is 10.3. The van der Waals surface area contributed by atoms with E-state index in [0.717, 1.165) is 0 Å². The van der Waals surface area contributed by atoms with Gasteiger partial charge in [0.15, 0.2) is 0 Å². The van der Waals surface area contributed by atoms with Gasteiger partial charge in [0.25, 0.3) is 0 Å². The highest BCUT2D eigenvalue weighted by Gasteiger charge is 2.51. The Kier molecular flexibility index (Phi) is 5.83. The molecule has 0 spiro atoms. The summed E-state index contributed by atoms with van der Waals surface area (Å²) in [7, 11) is 0. The minimum absolute atomic E-state index is 0.337. The van der Waals surface area contributed by atoms with Crippen LogP contribution in [-0.2, 0) is 25.5 Å². The number of esters is 1. The van der Waals surface area contributed by atoms with Crippen molar-refractivity contribution in [1.82, 2.24) is 15.3 Å². The van der Waals surface area contributed by atoms with Crippen LogP contribution >= 0.6 is 0 Å². The van der Waals surface area contributed by atoms with Crippen LogP contribution in [0.2, 0.25) is 0 Å². The molecule has 0 fully saturated rings. The van der Waals surface area contributed by atoms with Gasteiger partial charge >= 0.3 is 18.0 Å². The van der Waals surface area contributed by atoms with Crippen LogP contribution in [0.5, 0.6) is 0 Å². The predicted octanol–water partition coefficient (Wildman–Crippen LogP) is 1.64. The summed E-state index contributed by atoms with van der Waals surface area (Å²) in [4.78, 5) is 43.3. The molecule has 1 heterocycles. The second kappa shape index (κ2) is 7.12. The minimum atomic E-state index is -2.36. The molecule has 0 bridgehead atoms. The fourth-order valence-electron chi connectivity index (χ4n) is 1.89. The number of aromatic nitrogens is 2. The van der Waals surface area contributed by atoms with E-state index in [9.17, 15) is 19.5 Å². The Balaban J connectivity index is 3.23. The first-order chi connectivity index (χ1) is 11.3. The number of carbonyl (C=O) groups is 3. The van der Waals surface area contributed by atoms with Crippen molar-refractivity contribution in [3.05, 3.63) is 18.2 Å². The highest BCUT2D eigenvalue weighted by molar-refractivity contribution is 6.07. The van der Waals surface area contributed by atoms with E-state index in [1.807, 2.05) is 0 Å². The maximum atomic E-state index is 12.6. The average Bonchev–Trinajstić information content (AvgIpc) is 2.85. The summed E-state index contributed by atoms with van der Waals surface area (Å²) in [6.45, 7) is 9.66. The highest BCUT2D eigenvalue weighted by atomic mass is 16.6. The summed E-state index contributed by atoms with van der Waals surface area (Å²) in [5.74, 6) is -2.67. The number of nitrogens with one attached hydrogen (secondary N) is 2. The van der Waals surface area contributed by atoms with Crippen molar-refractivity contribution in [2.75, 3.05) is 0 Å². The van der Waals surface area contributed by atoms with E-state index in [2.05, 4.69) is 15.3 Å². The molecule has 0 aliphatic heterocycles. The normalized spacial score (nSPS) is 14.3. The Morgan fingerprint density at radius 1 is 1.12 bits per heavy atom. The van der Waals surface area contributed by atoms with E-state index in [0.29, 0.717) is 5.69 Å². The number of nitrogens with zero attached hydrogens (tertiary/aromatic N) is 1. The largest absolute Gasteiger partial charge is 0.479 e. The third kappa shape index (κ3) is 6.09. The van der Waals surface area contributed by atoms with Gasteiger partial charge in [0, 0.05) is 18.3 Å². The van der Waals surface area contributed by atoms with Gasteiger partial charge in [-0.1, -0.05) is 0 Å². The Hall–Kier alpha value is -2.58. The molecular weight excluding hydrogens is 330 g/mol. The van der Waals surface area contributed by atoms with Gasteiger partial charge in [-0.2, -0.15) is 0 Å². The maximum absolute atomic E-state index is 12.6. The van der Waals surface area contributed by atoms with Gasteiger partial charge in [0.2, 0.25) is 5.54 Å². The number of ether oxygens (including phenoxy) is 2. The summed E-state index contributed by atoms with van der Waals surface area (Å²) in [6, 6.07) is 0. The first kappa shape index (κ1) is 20.5. The molecule has 9 heteroatoms. The van der Waals surface area contributed by atoms with E-state index >= 15 is 0 Å². The predicted molar refractivity (Wildman–Crippen MR) is 87.9 cm³/mol. The van der Waals surface area contributed by atoms with Gasteiger partial charge in [-0.15, -0.1) is 0 Å². The zero-order valence-corrected chi connectivity index (χ0v) is 15.3. The maximum Gasteiger partial charge on any atom is 0.409 e.